The summed E-state index contributed by atoms with van der Waals surface area (Å²) in [6, 6.07) is 0. The van der Waals surface area contributed by atoms with Gasteiger partial charge in [-0.1, -0.05) is 11.3 Å². The van der Waals surface area contributed by atoms with E-state index in [0.29, 0.717) is 0 Å². The summed E-state index contributed by atoms with van der Waals surface area (Å²) < 4.78 is 1.44. The highest BCUT2D eigenvalue weighted by molar-refractivity contribution is 7.07. The quantitative estimate of drug-likeness (QED) is 0.853. The Bertz CT molecular complexity index is 456. The molecule has 0 spiro atoms. The molecule has 17 heavy (non-hydrogen) atoms. The van der Waals surface area contributed by atoms with Crippen LogP contribution in [0.25, 0.3) is 0 Å². The van der Waals surface area contributed by atoms with Gasteiger partial charge in [0.15, 0.2) is 0 Å². The lowest BCUT2D eigenvalue weighted by Gasteiger charge is -2.25. The first-order valence-corrected chi connectivity index (χ1v) is 6.20. The third-order valence-electron chi connectivity index (χ3n) is 2.32. The van der Waals surface area contributed by atoms with Gasteiger partial charge in [-0.15, -0.1) is 0 Å². The minimum Gasteiger partial charge on any atom is -0.389 e. The molecule has 0 fully saturated rings. The first-order valence-electron chi connectivity index (χ1n) is 5.32. The number of amides is 1. The third kappa shape index (κ3) is 3.98. The van der Waals surface area contributed by atoms with E-state index in [1.54, 1.807) is 33.2 Å². The molecule has 0 aliphatic heterocycles. The summed E-state index contributed by atoms with van der Waals surface area (Å²) in [5, 5.41) is 11.3. The minimum atomic E-state index is -0.931. The van der Waals surface area contributed by atoms with Gasteiger partial charge >= 0.3 is 4.87 Å². The standard InChI is InChI=1S/C11H18N2O3S/c1-8-6-17-10(15)13(8)5-9(14)12(4)7-11(2,3)16/h6,16H,5,7H2,1-4H3. The number of hydrogen-bond acceptors (Lipinski definition) is 4. The van der Waals surface area contributed by atoms with E-state index < -0.39 is 5.60 Å². The topological polar surface area (TPSA) is 62.5 Å². The number of aryl methyl sites for hydroxylation is 1. The molecular weight excluding hydrogens is 240 g/mol. The van der Waals surface area contributed by atoms with Crippen LogP contribution in [0.5, 0.6) is 0 Å². The number of aromatic nitrogens is 1. The second-order valence-corrected chi connectivity index (χ2v) is 5.61. The van der Waals surface area contributed by atoms with Crippen LogP contribution in [-0.2, 0) is 11.3 Å². The van der Waals surface area contributed by atoms with Crippen LogP contribution in [0.15, 0.2) is 10.2 Å². The molecule has 1 N–H and O–H groups in total. The molecule has 0 saturated heterocycles. The average Bonchev–Trinajstić information content (AvgIpc) is 2.46. The van der Waals surface area contributed by atoms with Crippen LogP contribution in [0.4, 0.5) is 0 Å². The number of hydrogen-bond donors (Lipinski definition) is 1. The average molecular weight is 258 g/mol. The minimum absolute atomic E-state index is 0.0285. The molecule has 0 unspecified atom stereocenters. The zero-order valence-corrected chi connectivity index (χ0v) is 11.4. The highest BCUT2D eigenvalue weighted by Gasteiger charge is 2.20. The van der Waals surface area contributed by atoms with Crippen molar-refractivity contribution in [3.05, 3.63) is 20.7 Å². The lowest BCUT2D eigenvalue weighted by Crippen LogP contribution is -2.41. The number of rotatable bonds is 4. The molecule has 1 aromatic rings. The second kappa shape index (κ2) is 5.01. The van der Waals surface area contributed by atoms with Crippen molar-refractivity contribution < 1.29 is 9.90 Å². The Morgan fingerprint density at radius 3 is 2.59 bits per heavy atom. The lowest BCUT2D eigenvalue weighted by molar-refractivity contribution is -0.133. The molecule has 1 amide bonds. The van der Waals surface area contributed by atoms with Crippen LogP contribution in [0.3, 0.4) is 0 Å². The highest BCUT2D eigenvalue weighted by Crippen LogP contribution is 2.05. The van der Waals surface area contributed by atoms with Gasteiger partial charge < -0.3 is 10.0 Å². The van der Waals surface area contributed by atoms with Crippen LogP contribution in [-0.4, -0.2) is 39.7 Å². The van der Waals surface area contributed by atoms with Crippen LogP contribution >= 0.6 is 11.3 Å². The number of carbonyl (C=O) groups excluding carboxylic acids is 1. The molecule has 1 heterocycles. The monoisotopic (exact) mass is 258 g/mol. The molecular formula is C11H18N2O3S. The Labute approximate surface area is 104 Å². The molecule has 0 aliphatic carbocycles. The van der Waals surface area contributed by atoms with E-state index in [-0.39, 0.29) is 23.9 Å². The highest BCUT2D eigenvalue weighted by atomic mass is 32.1. The van der Waals surface area contributed by atoms with E-state index in [2.05, 4.69) is 0 Å². The SMILES string of the molecule is Cc1csc(=O)n1CC(=O)N(C)CC(C)(C)O. The fourth-order valence-electron chi connectivity index (χ4n) is 1.52. The van der Waals surface area contributed by atoms with Crippen LogP contribution in [0.2, 0.25) is 0 Å². The zero-order chi connectivity index (χ0) is 13.2. The van der Waals surface area contributed by atoms with Gasteiger partial charge in [-0.2, -0.15) is 0 Å². The Balaban J connectivity index is 2.70. The zero-order valence-electron chi connectivity index (χ0n) is 10.6. The van der Waals surface area contributed by atoms with Crippen molar-refractivity contribution in [2.75, 3.05) is 13.6 Å². The molecule has 0 saturated carbocycles. The van der Waals surface area contributed by atoms with E-state index in [1.165, 1.54) is 9.47 Å². The van der Waals surface area contributed by atoms with Crippen molar-refractivity contribution in [3.8, 4) is 0 Å². The Hall–Kier alpha value is -1.14. The number of nitrogens with zero attached hydrogens (tertiary/aromatic N) is 2. The number of aliphatic hydroxyl groups is 1. The summed E-state index contributed by atoms with van der Waals surface area (Å²) in [5.74, 6) is -0.185. The first kappa shape index (κ1) is 13.9. The Kier molecular flexibility index (Phi) is 4.11. The Morgan fingerprint density at radius 1 is 1.59 bits per heavy atom. The van der Waals surface area contributed by atoms with Crippen molar-refractivity contribution in [2.24, 2.45) is 0 Å². The van der Waals surface area contributed by atoms with Crippen molar-refractivity contribution in [1.29, 1.82) is 0 Å². The fourth-order valence-corrected chi connectivity index (χ4v) is 2.26. The fraction of sp³-hybridized carbons (Fsp3) is 0.636. The summed E-state index contributed by atoms with van der Waals surface area (Å²) in [6.45, 7) is 5.34. The van der Waals surface area contributed by atoms with Gasteiger partial charge in [0.1, 0.15) is 6.54 Å². The summed E-state index contributed by atoms with van der Waals surface area (Å²) in [5.41, 5.74) is -0.149. The maximum atomic E-state index is 11.9. The molecule has 1 rings (SSSR count). The third-order valence-corrected chi connectivity index (χ3v) is 3.20. The maximum absolute atomic E-state index is 11.9. The van der Waals surface area contributed by atoms with Gasteiger partial charge in [-0.05, 0) is 20.8 Å². The Morgan fingerprint density at radius 2 is 2.18 bits per heavy atom. The smallest absolute Gasteiger partial charge is 0.307 e. The van der Waals surface area contributed by atoms with Gasteiger partial charge in [-0.3, -0.25) is 14.2 Å². The molecule has 0 atom stereocenters. The molecule has 1 aromatic heterocycles. The second-order valence-electron chi connectivity index (χ2n) is 4.79. The molecule has 5 nitrogen and oxygen atoms in total. The summed E-state index contributed by atoms with van der Waals surface area (Å²) in [6.07, 6.45) is 0. The first-order chi connectivity index (χ1) is 7.70. The predicted octanol–water partition coefficient (Wildman–Crippen LogP) is 0.448. The van der Waals surface area contributed by atoms with Gasteiger partial charge in [0.05, 0.1) is 5.60 Å². The van der Waals surface area contributed by atoms with Crippen molar-refractivity contribution in [3.63, 3.8) is 0 Å². The van der Waals surface area contributed by atoms with Gasteiger partial charge in [0.2, 0.25) is 5.91 Å². The maximum Gasteiger partial charge on any atom is 0.307 e. The van der Waals surface area contributed by atoms with Crippen LogP contribution < -0.4 is 4.87 Å². The lowest BCUT2D eigenvalue weighted by atomic mass is 10.1. The van der Waals surface area contributed by atoms with Gasteiger partial charge in [0.25, 0.3) is 0 Å². The normalized spacial score (nSPS) is 11.6. The van der Waals surface area contributed by atoms with Gasteiger partial charge in [-0.25, -0.2) is 0 Å². The number of thiazole rings is 1. The summed E-state index contributed by atoms with van der Waals surface area (Å²) >= 11 is 1.09. The molecule has 0 aromatic carbocycles. The molecule has 6 heteroatoms. The number of likely N-dealkylation sites (N-methyl/N-ethyl adjacent to an activating group) is 1. The van der Waals surface area contributed by atoms with E-state index in [4.69, 9.17) is 0 Å². The van der Waals surface area contributed by atoms with Crippen LogP contribution in [0, 0.1) is 6.92 Å². The van der Waals surface area contributed by atoms with E-state index >= 15 is 0 Å². The van der Waals surface area contributed by atoms with E-state index in [9.17, 15) is 14.7 Å². The predicted molar refractivity (Wildman–Crippen MR) is 67.3 cm³/mol. The van der Waals surface area contributed by atoms with Gasteiger partial charge in [0, 0.05) is 24.7 Å². The molecule has 0 bridgehead atoms. The number of carbonyl (C=O) groups is 1. The van der Waals surface area contributed by atoms with Crippen LogP contribution in [0.1, 0.15) is 19.5 Å². The molecule has 0 radical (unpaired) electrons. The molecule has 0 aliphatic rings. The van der Waals surface area contributed by atoms with E-state index in [0.717, 1.165) is 17.0 Å². The van der Waals surface area contributed by atoms with Crippen molar-refractivity contribution in [1.82, 2.24) is 9.47 Å². The van der Waals surface area contributed by atoms with Crippen molar-refractivity contribution in [2.45, 2.75) is 32.9 Å². The van der Waals surface area contributed by atoms with E-state index in [1.807, 2.05) is 0 Å². The summed E-state index contributed by atoms with van der Waals surface area (Å²) in [4.78, 5) is 24.6. The molecule has 96 valence electrons. The largest absolute Gasteiger partial charge is 0.389 e. The summed E-state index contributed by atoms with van der Waals surface area (Å²) in [7, 11) is 1.62. The van der Waals surface area contributed by atoms with Crippen molar-refractivity contribution >= 4 is 17.2 Å².